The number of ether oxygens (including phenoxy) is 2. The van der Waals surface area contributed by atoms with Crippen molar-refractivity contribution in [1.29, 1.82) is 0 Å². The third-order valence-electron chi connectivity index (χ3n) is 4.15. The second kappa shape index (κ2) is 7.96. The summed E-state index contributed by atoms with van der Waals surface area (Å²) in [5.74, 6) is 0. The standard InChI is InChI=1S/C15H29N3O3/c1-4-6-7-16-11-17(8-13(5-2)20-3)15(19)18(12-16)9-14-10-21-14/h13-14H,4-12H2,1-3H3. The first-order chi connectivity index (χ1) is 10.2. The molecule has 0 aromatic rings. The lowest BCUT2D eigenvalue weighted by molar-refractivity contribution is 0.000544. The lowest BCUT2D eigenvalue weighted by atomic mass is 10.2. The maximum Gasteiger partial charge on any atom is 0.322 e. The minimum atomic E-state index is 0.110. The molecule has 21 heavy (non-hydrogen) atoms. The highest BCUT2D eigenvalue weighted by molar-refractivity contribution is 5.75. The molecule has 2 fully saturated rings. The van der Waals surface area contributed by atoms with Crippen molar-refractivity contribution in [3.05, 3.63) is 0 Å². The van der Waals surface area contributed by atoms with Gasteiger partial charge in [-0.05, 0) is 12.8 Å². The Morgan fingerprint density at radius 2 is 2.05 bits per heavy atom. The molecular formula is C15H29N3O3. The Labute approximate surface area is 128 Å². The number of carbonyl (C=O) groups is 1. The van der Waals surface area contributed by atoms with Crippen molar-refractivity contribution in [2.45, 2.75) is 45.3 Å². The van der Waals surface area contributed by atoms with Crippen molar-refractivity contribution in [2.24, 2.45) is 0 Å². The van der Waals surface area contributed by atoms with Crippen molar-refractivity contribution >= 4 is 6.03 Å². The molecule has 0 bridgehead atoms. The summed E-state index contributed by atoms with van der Waals surface area (Å²) in [6, 6.07) is 0.119. The van der Waals surface area contributed by atoms with E-state index in [2.05, 4.69) is 18.7 Å². The summed E-state index contributed by atoms with van der Waals surface area (Å²) in [6.07, 6.45) is 3.61. The fraction of sp³-hybridized carbons (Fsp3) is 0.933. The number of epoxide rings is 1. The zero-order valence-corrected chi connectivity index (χ0v) is 13.6. The van der Waals surface area contributed by atoms with E-state index >= 15 is 0 Å². The van der Waals surface area contributed by atoms with Crippen LogP contribution in [0.5, 0.6) is 0 Å². The smallest absolute Gasteiger partial charge is 0.322 e. The predicted octanol–water partition coefficient (Wildman–Crippen LogP) is 1.56. The van der Waals surface area contributed by atoms with Gasteiger partial charge in [-0.1, -0.05) is 20.3 Å². The lowest BCUT2D eigenvalue weighted by Gasteiger charge is -2.43. The number of methoxy groups -OCH3 is 1. The van der Waals surface area contributed by atoms with Crippen molar-refractivity contribution < 1.29 is 14.3 Å². The molecule has 2 saturated heterocycles. The monoisotopic (exact) mass is 299 g/mol. The van der Waals surface area contributed by atoms with Crippen molar-refractivity contribution in [3.63, 3.8) is 0 Å². The van der Waals surface area contributed by atoms with Gasteiger partial charge in [0, 0.05) is 20.2 Å². The average molecular weight is 299 g/mol. The summed E-state index contributed by atoms with van der Waals surface area (Å²) in [4.78, 5) is 18.8. The number of hydrogen-bond donors (Lipinski definition) is 0. The Kier molecular flexibility index (Phi) is 6.26. The van der Waals surface area contributed by atoms with E-state index in [0.717, 1.165) is 32.7 Å². The molecule has 0 saturated carbocycles. The number of urea groups is 1. The molecule has 2 rings (SSSR count). The van der Waals surface area contributed by atoms with Crippen molar-refractivity contribution in [3.8, 4) is 0 Å². The molecule has 0 aromatic heterocycles. The molecule has 2 amide bonds. The fourth-order valence-corrected chi connectivity index (χ4v) is 2.68. The summed E-state index contributed by atoms with van der Waals surface area (Å²) in [7, 11) is 1.72. The van der Waals surface area contributed by atoms with Gasteiger partial charge < -0.3 is 19.3 Å². The van der Waals surface area contributed by atoms with Crippen LogP contribution in [0.3, 0.4) is 0 Å². The number of hydrogen-bond acceptors (Lipinski definition) is 4. The van der Waals surface area contributed by atoms with Crippen LogP contribution in [0.2, 0.25) is 0 Å². The van der Waals surface area contributed by atoms with Crippen LogP contribution in [0.25, 0.3) is 0 Å². The van der Waals surface area contributed by atoms with Crippen LogP contribution in [-0.2, 0) is 9.47 Å². The van der Waals surface area contributed by atoms with E-state index in [9.17, 15) is 4.79 Å². The normalized spacial score (nSPS) is 24.5. The summed E-state index contributed by atoms with van der Waals surface area (Å²) < 4.78 is 10.7. The Balaban J connectivity index is 1.96. The Morgan fingerprint density at radius 1 is 1.33 bits per heavy atom. The molecule has 122 valence electrons. The maximum atomic E-state index is 12.6. The Hall–Kier alpha value is -0.850. The number of amides is 2. The van der Waals surface area contributed by atoms with Crippen LogP contribution in [0.4, 0.5) is 4.79 Å². The topological polar surface area (TPSA) is 48.6 Å². The van der Waals surface area contributed by atoms with Gasteiger partial charge >= 0.3 is 6.03 Å². The number of carbonyl (C=O) groups excluding carboxylic acids is 1. The molecule has 0 aliphatic carbocycles. The van der Waals surface area contributed by atoms with Gasteiger partial charge in [0.1, 0.15) is 0 Å². The third-order valence-corrected chi connectivity index (χ3v) is 4.15. The van der Waals surface area contributed by atoms with Crippen LogP contribution in [0.15, 0.2) is 0 Å². The van der Waals surface area contributed by atoms with Gasteiger partial charge in [-0.3, -0.25) is 4.90 Å². The average Bonchev–Trinajstić information content (AvgIpc) is 3.30. The number of rotatable bonds is 9. The molecule has 2 aliphatic rings. The minimum Gasteiger partial charge on any atom is -0.380 e. The first kappa shape index (κ1) is 16.5. The molecule has 0 N–H and O–H groups in total. The first-order valence-electron chi connectivity index (χ1n) is 8.08. The van der Waals surface area contributed by atoms with Crippen LogP contribution in [-0.4, -0.2) is 79.6 Å². The zero-order valence-electron chi connectivity index (χ0n) is 13.6. The van der Waals surface area contributed by atoms with Crippen LogP contribution >= 0.6 is 0 Å². The van der Waals surface area contributed by atoms with Gasteiger partial charge in [0.15, 0.2) is 0 Å². The molecule has 6 heteroatoms. The van der Waals surface area contributed by atoms with Gasteiger partial charge in [0.25, 0.3) is 0 Å². The summed E-state index contributed by atoms with van der Waals surface area (Å²) in [6.45, 7) is 8.91. The Morgan fingerprint density at radius 3 is 2.62 bits per heavy atom. The zero-order chi connectivity index (χ0) is 15.2. The van der Waals surface area contributed by atoms with Gasteiger partial charge in [-0.15, -0.1) is 0 Å². The van der Waals surface area contributed by atoms with Gasteiger partial charge in [-0.2, -0.15) is 0 Å². The van der Waals surface area contributed by atoms with E-state index in [1.165, 1.54) is 6.42 Å². The largest absolute Gasteiger partial charge is 0.380 e. The molecule has 2 heterocycles. The Bertz CT molecular complexity index is 332. The summed E-state index contributed by atoms with van der Waals surface area (Å²) >= 11 is 0. The molecule has 0 spiro atoms. The summed E-state index contributed by atoms with van der Waals surface area (Å²) in [5, 5.41) is 0. The quantitative estimate of drug-likeness (QED) is 0.606. The molecule has 2 unspecified atom stereocenters. The number of nitrogens with zero attached hydrogens (tertiary/aromatic N) is 3. The van der Waals surface area contributed by atoms with E-state index in [-0.39, 0.29) is 18.2 Å². The third kappa shape index (κ3) is 4.83. The second-order valence-corrected chi connectivity index (χ2v) is 5.98. The molecule has 6 nitrogen and oxygen atoms in total. The van der Waals surface area contributed by atoms with Crippen LogP contribution in [0.1, 0.15) is 33.1 Å². The van der Waals surface area contributed by atoms with E-state index in [1.54, 1.807) is 7.11 Å². The van der Waals surface area contributed by atoms with Crippen LogP contribution < -0.4 is 0 Å². The molecule has 2 aliphatic heterocycles. The minimum absolute atomic E-state index is 0.110. The highest BCUT2D eigenvalue weighted by atomic mass is 16.6. The summed E-state index contributed by atoms with van der Waals surface area (Å²) in [5.41, 5.74) is 0. The highest BCUT2D eigenvalue weighted by Crippen LogP contribution is 2.18. The lowest BCUT2D eigenvalue weighted by Crippen LogP contribution is -2.60. The SMILES string of the molecule is CCCCN1CN(CC(CC)OC)C(=O)N(CC2CO2)C1. The molecule has 2 atom stereocenters. The van der Waals surface area contributed by atoms with Gasteiger partial charge in [0.05, 0.1) is 38.7 Å². The van der Waals surface area contributed by atoms with E-state index in [1.807, 2.05) is 9.80 Å². The van der Waals surface area contributed by atoms with Crippen molar-refractivity contribution in [1.82, 2.24) is 14.7 Å². The first-order valence-corrected chi connectivity index (χ1v) is 8.08. The van der Waals surface area contributed by atoms with Crippen molar-refractivity contribution in [2.75, 3.05) is 46.7 Å². The van der Waals surface area contributed by atoms with E-state index < -0.39 is 0 Å². The van der Waals surface area contributed by atoms with Crippen LogP contribution in [0, 0.1) is 0 Å². The molecule has 0 aromatic carbocycles. The molecular weight excluding hydrogens is 270 g/mol. The van der Waals surface area contributed by atoms with E-state index in [4.69, 9.17) is 9.47 Å². The van der Waals surface area contributed by atoms with E-state index in [0.29, 0.717) is 19.8 Å². The van der Waals surface area contributed by atoms with Gasteiger partial charge in [0.2, 0.25) is 0 Å². The fourth-order valence-electron chi connectivity index (χ4n) is 2.68. The van der Waals surface area contributed by atoms with Gasteiger partial charge in [-0.25, -0.2) is 4.79 Å². The maximum absolute atomic E-state index is 12.6. The highest BCUT2D eigenvalue weighted by Gasteiger charge is 2.35. The molecule has 0 radical (unpaired) electrons. The predicted molar refractivity (Wildman–Crippen MR) is 81.0 cm³/mol. The number of unbranched alkanes of at least 4 members (excludes halogenated alkanes) is 1. The second-order valence-electron chi connectivity index (χ2n) is 5.98.